The lowest BCUT2D eigenvalue weighted by Crippen LogP contribution is -2.34. The van der Waals surface area contributed by atoms with E-state index in [1.165, 1.54) is 13.2 Å². The topological polar surface area (TPSA) is 30.7 Å². The molecule has 0 spiro atoms. The SMILES string of the molecule is COc1ccc(C2=C/C(=C/C(C)=[N+](C)C)O[B-](F)(F)O2)cc1. The van der Waals surface area contributed by atoms with Gasteiger partial charge in [-0.05, 0) is 24.3 Å². The van der Waals surface area contributed by atoms with Gasteiger partial charge >= 0.3 is 7.11 Å². The fourth-order valence-corrected chi connectivity index (χ4v) is 1.84. The molecule has 2 rings (SSSR count). The fourth-order valence-electron chi connectivity index (χ4n) is 1.84. The second kappa shape index (κ2) is 6.21. The van der Waals surface area contributed by atoms with Crippen LogP contribution in [0.15, 0.2) is 42.2 Å². The Bertz CT molecular complexity index is 647. The number of rotatable bonds is 3. The average Bonchev–Trinajstić information content (AvgIpc) is 2.45. The summed E-state index contributed by atoms with van der Waals surface area (Å²) < 4.78 is 43.5. The highest BCUT2D eigenvalue weighted by molar-refractivity contribution is 6.53. The van der Waals surface area contributed by atoms with E-state index in [1.807, 2.05) is 14.1 Å². The lowest BCUT2D eigenvalue weighted by Gasteiger charge is -2.34. The van der Waals surface area contributed by atoms with Crippen molar-refractivity contribution in [3.05, 3.63) is 47.7 Å². The highest BCUT2D eigenvalue weighted by Crippen LogP contribution is 2.32. The van der Waals surface area contributed by atoms with E-state index in [-0.39, 0.29) is 11.5 Å². The monoisotopic (exact) mass is 309 g/mol. The van der Waals surface area contributed by atoms with Gasteiger partial charge in [-0.2, -0.15) is 0 Å². The van der Waals surface area contributed by atoms with E-state index in [2.05, 4.69) is 9.31 Å². The van der Waals surface area contributed by atoms with Crippen LogP contribution in [-0.4, -0.2) is 38.6 Å². The molecule has 22 heavy (non-hydrogen) atoms. The first-order valence-corrected chi connectivity index (χ1v) is 6.77. The molecule has 7 heteroatoms. The van der Waals surface area contributed by atoms with Crippen LogP contribution >= 0.6 is 0 Å². The predicted molar refractivity (Wildman–Crippen MR) is 82.0 cm³/mol. The minimum atomic E-state index is -4.39. The van der Waals surface area contributed by atoms with Crippen LogP contribution in [0.25, 0.3) is 5.76 Å². The van der Waals surface area contributed by atoms with Gasteiger partial charge in [-0.3, -0.25) is 0 Å². The van der Waals surface area contributed by atoms with E-state index in [1.54, 1.807) is 41.8 Å². The number of ether oxygens (including phenoxy) is 1. The highest BCUT2D eigenvalue weighted by atomic mass is 19.3. The number of halogens is 2. The molecule has 4 nitrogen and oxygen atoms in total. The van der Waals surface area contributed by atoms with Gasteiger partial charge in [-0.25, -0.2) is 4.58 Å². The van der Waals surface area contributed by atoms with E-state index >= 15 is 0 Å². The van der Waals surface area contributed by atoms with Crippen molar-refractivity contribution in [2.75, 3.05) is 21.2 Å². The zero-order valence-corrected chi connectivity index (χ0v) is 13.0. The van der Waals surface area contributed by atoms with E-state index in [0.717, 1.165) is 5.71 Å². The number of methoxy groups -OCH3 is 1. The minimum absolute atomic E-state index is 0.0632. The van der Waals surface area contributed by atoms with Crippen LogP contribution in [0.4, 0.5) is 8.63 Å². The van der Waals surface area contributed by atoms with E-state index in [4.69, 9.17) is 4.74 Å². The van der Waals surface area contributed by atoms with Gasteiger partial charge in [0.15, 0.2) is 5.71 Å². The summed E-state index contributed by atoms with van der Waals surface area (Å²) in [5.41, 5.74) is 1.31. The van der Waals surface area contributed by atoms with E-state index in [0.29, 0.717) is 11.3 Å². The van der Waals surface area contributed by atoms with Crippen molar-refractivity contribution >= 4 is 18.6 Å². The molecule has 1 aromatic rings. The normalized spacial score (nSPS) is 18.1. The van der Waals surface area contributed by atoms with Gasteiger partial charge in [-0.15, -0.1) is 0 Å². The number of allylic oxidation sites excluding steroid dienone is 2. The third-order valence-electron chi connectivity index (χ3n) is 3.24. The molecule has 0 radical (unpaired) electrons. The molecule has 0 amide bonds. The van der Waals surface area contributed by atoms with Gasteiger partial charge in [-0.1, -0.05) is 0 Å². The third-order valence-corrected chi connectivity index (χ3v) is 3.24. The third kappa shape index (κ3) is 3.87. The Labute approximate surface area is 128 Å². The van der Waals surface area contributed by atoms with E-state index in [9.17, 15) is 8.63 Å². The van der Waals surface area contributed by atoms with Crippen LogP contribution in [0.5, 0.6) is 5.75 Å². The summed E-state index contributed by atoms with van der Waals surface area (Å²) in [6.07, 6.45) is 3.00. The minimum Gasteiger partial charge on any atom is -0.627 e. The Kier molecular flexibility index (Phi) is 4.54. The second-order valence-corrected chi connectivity index (χ2v) is 5.09. The van der Waals surface area contributed by atoms with Crippen LogP contribution in [0.1, 0.15) is 12.5 Å². The molecule has 1 aromatic carbocycles. The van der Waals surface area contributed by atoms with Crippen LogP contribution < -0.4 is 4.74 Å². The molecule has 0 N–H and O–H groups in total. The first-order chi connectivity index (χ1) is 10.3. The summed E-state index contributed by atoms with van der Waals surface area (Å²) in [7, 11) is 0.796. The quantitative estimate of drug-likeness (QED) is 0.488. The van der Waals surface area contributed by atoms with Crippen molar-refractivity contribution in [1.29, 1.82) is 0 Å². The Morgan fingerprint density at radius 2 is 1.82 bits per heavy atom. The summed E-state index contributed by atoms with van der Waals surface area (Å²) in [5.74, 6) is 0.770. The maximum absolute atomic E-state index is 13.7. The summed E-state index contributed by atoms with van der Waals surface area (Å²) >= 11 is 0. The van der Waals surface area contributed by atoms with Crippen molar-refractivity contribution in [2.45, 2.75) is 6.92 Å². The lowest BCUT2D eigenvalue weighted by atomic mass is 10.1. The van der Waals surface area contributed by atoms with Crippen molar-refractivity contribution in [2.24, 2.45) is 0 Å². The molecule has 0 atom stereocenters. The standard InChI is InChI=1S/C15H18BF2NO3/c1-11(19(2)3)9-14-10-15(22-16(17,18)21-14)12-5-7-13(20-4)8-6-12/h5-10H,1-4H3/b14-9-. The molecular formula is C15H18BF2NO3. The summed E-state index contributed by atoms with van der Waals surface area (Å²) in [6, 6.07) is 6.67. The smallest absolute Gasteiger partial charge is 0.627 e. The summed E-state index contributed by atoms with van der Waals surface area (Å²) in [4.78, 5) is 0. The molecule has 1 aliphatic heterocycles. The predicted octanol–water partition coefficient (Wildman–Crippen LogP) is 3.07. The molecule has 0 fully saturated rings. The van der Waals surface area contributed by atoms with Crippen molar-refractivity contribution in [3.8, 4) is 5.75 Å². The molecule has 0 aromatic heterocycles. The number of hydrogen-bond donors (Lipinski definition) is 0. The molecule has 1 heterocycles. The zero-order chi connectivity index (χ0) is 16.3. The van der Waals surface area contributed by atoms with Crippen molar-refractivity contribution in [3.63, 3.8) is 0 Å². The number of nitrogens with zero attached hydrogens (tertiary/aromatic N) is 1. The highest BCUT2D eigenvalue weighted by Gasteiger charge is 2.38. The summed E-state index contributed by atoms with van der Waals surface area (Å²) in [5, 5.41) is 0. The first kappa shape index (κ1) is 16.1. The van der Waals surface area contributed by atoms with Gasteiger partial charge in [0.2, 0.25) is 0 Å². The molecule has 118 valence electrons. The average molecular weight is 309 g/mol. The maximum Gasteiger partial charge on any atom is 0.725 e. The van der Waals surface area contributed by atoms with E-state index < -0.39 is 7.11 Å². The van der Waals surface area contributed by atoms with Gasteiger partial charge in [0.25, 0.3) is 0 Å². The molecule has 0 bridgehead atoms. The fraction of sp³-hybridized carbons (Fsp3) is 0.267. The van der Waals surface area contributed by atoms with Gasteiger partial charge in [0.05, 0.1) is 18.6 Å². The summed E-state index contributed by atoms with van der Waals surface area (Å²) in [6.45, 7) is 1.80. The van der Waals surface area contributed by atoms with Crippen molar-refractivity contribution in [1.82, 2.24) is 0 Å². The van der Waals surface area contributed by atoms with Gasteiger partial charge in [0, 0.05) is 24.6 Å². The number of benzene rings is 1. The first-order valence-electron chi connectivity index (χ1n) is 6.77. The van der Waals surface area contributed by atoms with Gasteiger partial charge in [0.1, 0.15) is 19.8 Å². The molecule has 0 saturated carbocycles. The molecule has 0 aliphatic carbocycles. The number of hydrogen-bond acceptors (Lipinski definition) is 3. The van der Waals surface area contributed by atoms with Gasteiger partial charge < -0.3 is 22.7 Å². The van der Waals surface area contributed by atoms with Crippen LogP contribution in [0.2, 0.25) is 0 Å². The Balaban J connectivity index is 2.40. The van der Waals surface area contributed by atoms with Crippen LogP contribution in [0.3, 0.4) is 0 Å². The molecule has 0 unspecified atom stereocenters. The Morgan fingerprint density at radius 1 is 1.18 bits per heavy atom. The van der Waals surface area contributed by atoms with Crippen LogP contribution in [0, 0.1) is 0 Å². The molecule has 1 aliphatic rings. The second-order valence-electron chi connectivity index (χ2n) is 5.09. The Hall–Kier alpha value is -2.31. The lowest BCUT2D eigenvalue weighted by molar-refractivity contribution is -0.464. The molecule has 0 saturated heterocycles. The van der Waals surface area contributed by atoms with Crippen molar-refractivity contribution < 1.29 is 27.3 Å². The molecular weight excluding hydrogens is 291 g/mol. The Morgan fingerprint density at radius 3 is 2.36 bits per heavy atom. The maximum atomic E-state index is 13.7. The van der Waals surface area contributed by atoms with Crippen LogP contribution in [-0.2, 0) is 9.31 Å². The largest absolute Gasteiger partial charge is 0.725 e. The zero-order valence-electron chi connectivity index (χ0n) is 13.0.